The van der Waals surface area contributed by atoms with E-state index in [1.165, 1.54) is 11.3 Å². The van der Waals surface area contributed by atoms with E-state index in [1.54, 1.807) is 12.1 Å². The molecule has 0 saturated heterocycles. The molecule has 2 rings (SSSR count). The van der Waals surface area contributed by atoms with Gasteiger partial charge in [0, 0.05) is 16.0 Å². The highest BCUT2D eigenvalue weighted by molar-refractivity contribution is 7.14. The highest BCUT2D eigenvalue weighted by Crippen LogP contribution is 2.25. The van der Waals surface area contributed by atoms with Crippen molar-refractivity contribution in [2.75, 3.05) is 12.0 Å². The van der Waals surface area contributed by atoms with Crippen molar-refractivity contribution in [3.8, 4) is 11.3 Å². The SMILES string of the molecule is OC[C@@H](O)[C@H](O)[C@@H](O)/C=N\Nc1nc(-c2ccc(Cl)cc2)cs1. The smallest absolute Gasteiger partial charge is 0.203 e. The lowest BCUT2D eigenvalue weighted by Crippen LogP contribution is -2.40. The maximum absolute atomic E-state index is 9.57. The molecule has 0 radical (unpaired) electrons. The van der Waals surface area contributed by atoms with Gasteiger partial charge in [-0.3, -0.25) is 5.43 Å². The zero-order valence-electron chi connectivity index (χ0n) is 11.9. The average molecular weight is 358 g/mol. The minimum absolute atomic E-state index is 0.496. The molecule has 0 amide bonds. The largest absolute Gasteiger partial charge is 0.394 e. The number of rotatable bonds is 7. The van der Waals surface area contributed by atoms with Crippen LogP contribution < -0.4 is 5.43 Å². The third kappa shape index (κ3) is 4.96. The fourth-order valence-corrected chi connectivity index (χ4v) is 2.47. The fraction of sp³-hybridized carbons (Fsp3) is 0.286. The molecule has 124 valence electrons. The molecular formula is C14H16ClN3O4S. The number of thiazole rings is 1. The molecule has 0 spiro atoms. The Morgan fingerprint density at radius 2 is 1.96 bits per heavy atom. The van der Waals surface area contributed by atoms with Crippen molar-refractivity contribution in [3.63, 3.8) is 0 Å². The lowest BCUT2D eigenvalue weighted by molar-refractivity contribution is -0.0541. The first-order chi connectivity index (χ1) is 11.0. The van der Waals surface area contributed by atoms with Crippen molar-refractivity contribution in [3.05, 3.63) is 34.7 Å². The number of benzene rings is 1. The summed E-state index contributed by atoms with van der Waals surface area (Å²) in [5.41, 5.74) is 4.28. The van der Waals surface area contributed by atoms with E-state index in [0.29, 0.717) is 10.2 Å². The minimum Gasteiger partial charge on any atom is -0.394 e. The van der Waals surface area contributed by atoms with Gasteiger partial charge in [0.15, 0.2) is 0 Å². The van der Waals surface area contributed by atoms with Crippen LogP contribution in [-0.4, -0.2) is 56.5 Å². The molecule has 2 aromatic rings. The second-order valence-corrected chi connectivity index (χ2v) is 5.96. The number of halogens is 1. The molecule has 0 bridgehead atoms. The van der Waals surface area contributed by atoms with E-state index in [2.05, 4.69) is 15.5 Å². The van der Waals surface area contributed by atoms with Gasteiger partial charge in [-0.1, -0.05) is 23.7 Å². The van der Waals surface area contributed by atoms with Gasteiger partial charge in [0.25, 0.3) is 0 Å². The summed E-state index contributed by atoms with van der Waals surface area (Å²) in [7, 11) is 0. The van der Waals surface area contributed by atoms with Gasteiger partial charge in [-0.15, -0.1) is 11.3 Å². The van der Waals surface area contributed by atoms with Gasteiger partial charge in [-0.05, 0) is 12.1 Å². The van der Waals surface area contributed by atoms with Crippen molar-refractivity contribution in [2.45, 2.75) is 18.3 Å². The Bertz CT molecular complexity index is 650. The Hall–Kier alpha value is -1.55. The van der Waals surface area contributed by atoms with Crippen LogP contribution >= 0.6 is 22.9 Å². The van der Waals surface area contributed by atoms with Crippen LogP contribution in [0.5, 0.6) is 0 Å². The molecule has 0 saturated carbocycles. The first-order valence-corrected chi connectivity index (χ1v) is 7.92. The Morgan fingerprint density at radius 1 is 1.26 bits per heavy atom. The maximum atomic E-state index is 9.57. The molecule has 0 aliphatic heterocycles. The van der Waals surface area contributed by atoms with E-state index in [-0.39, 0.29) is 0 Å². The summed E-state index contributed by atoms with van der Waals surface area (Å²) in [4.78, 5) is 4.32. The zero-order valence-corrected chi connectivity index (χ0v) is 13.4. The van der Waals surface area contributed by atoms with Crippen LogP contribution in [0.3, 0.4) is 0 Å². The van der Waals surface area contributed by atoms with Crippen molar-refractivity contribution in [2.24, 2.45) is 5.10 Å². The Kier molecular flexibility index (Phi) is 6.46. The number of aromatic nitrogens is 1. The van der Waals surface area contributed by atoms with E-state index in [1.807, 2.05) is 17.5 Å². The van der Waals surface area contributed by atoms with Gasteiger partial charge in [0.05, 0.1) is 18.5 Å². The maximum Gasteiger partial charge on any atom is 0.203 e. The molecule has 1 heterocycles. The summed E-state index contributed by atoms with van der Waals surface area (Å²) in [6, 6.07) is 7.24. The Balaban J connectivity index is 1.94. The quantitative estimate of drug-likeness (QED) is 0.372. The van der Waals surface area contributed by atoms with Crippen molar-refractivity contribution >= 4 is 34.3 Å². The third-order valence-corrected chi connectivity index (χ3v) is 3.96. The molecule has 0 aliphatic rings. The lowest BCUT2D eigenvalue weighted by Gasteiger charge is -2.17. The Morgan fingerprint density at radius 3 is 2.61 bits per heavy atom. The first kappa shape index (κ1) is 17.8. The summed E-state index contributed by atoms with van der Waals surface area (Å²) in [6.07, 6.45) is -3.35. The number of hydrazone groups is 1. The van der Waals surface area contributed by atoms with Gasteiger partial charge in [-0.2, -0.15) is 5.10 Å². The van der Waals surface area contributed by atoms with E-state index in [9.17, 15) is 15.3 Å². The van der Waals surface area contributed by atoms with E-state index < -0.39 is 24.9 Å². The molecule has 5 N–H and O–H groups in total. The van der Waals surface area contributed by atoms with Crippen LogP contribution in [0.1, 0.15) is 0 Å². The van der Waals surface area contributed by atoms with Crippen LogP contribution in [0.25, 0.3) is 11.3 Å². The molecule has 0 aliphatic carbocycles. The van der Waals surface area contributed by atoms with Gasteiger partial charge >= 0.3 is 0 Å². The standard InChI is InChI=1S/C14H16ClN3O4S/c15-9-3-1-8(2-4-9)10-7-23-14(17-10)18-16-5-11(20)13(22)12(21)6-19/h1-5,7,11-13,19-22H,6H2,(H,17,18)/b16-5-/t11-,12+,13+/m0/s1. The average Bonchev–Trinajstić information content (AvgIpc) is 3.02. The monoisotopic (exact) mass is 357 g/mol. The number of nitrogens with one attached hydrogen (secondary N) is 1. The molecule has 0 fully saturated rings. The number of nitrogens with zero attached hydrogens (tertiary/aromatic N) is 2. The number of anilines is 1. The van der Waals surface area contributed by atoms with Crippen molar-refractivity contribution in [1.82, 2.24) is 4.98 Å². The molecule has 9 heteroatoms. The predicted octanol–water partition coefficient (Wildman–Crippen LogP) is 0.936. The molecular weight excluding hydrogens is 342 g/mol. The highest BCUT2D eigenvalue weighted by atomic mass is 35.5. The molecule has 23 heavy (non-hydrogen) atoms. The molecule has 1 aromatic heterocycles. The van der Waals surface area contributed by atoms with E-state index >= 15 is 0 Å². The lowest BCUT2D eigenvalue weighted by atomic mass is 10.1. The minimum atomic E-state index is -1.52. The molecule has 1 aromatic carbocycles. The summed E-state index contributed by atoms with van der Waals surface area (Å²) >= 11 is 7.15. The van der Waals surface area contributed by atoms with Crippen molar-refractivity contribution in [1.29, 1.82) is 0 Å². The molecule has 0 unspecified atom stereocenters. The van der Waals surface area contributed by atoms with Crippen LogP contribution in [0, 0.1) is 0 Å². The normalized spacial score (nSPS) is 15.5. The van der Waals surface area contributed by atoms with E-state index in [4.69, 9.17) is 16.7 Å². The molecule has 3 atom stereocenters. The fourth-order valence-electron chi connectivity index (χ4n) is 1.67. The van der Waals surface area contributed by atoms with E-state index in [0.717, 1.165) is 17.5 Å². The zero-order chi connectivity index (χ0) is 16.8. The highest BCUT2D eigenvalue weighted by Gasteiger charge is 2.22. The number of hydrogen-bond donors (Lipinski definition) is 5. The summed E-state index contributed by atoms with van der Waals surface area (Å²) in [5, 5.41) is 43.6. The Labute approximate surface area is 141 Å². The van der Waals surface area contributed by atoms with Crippen LogP contribution in [0.2, 0.25) is 5.02 Å². The first-order valence-electron chi connectivity index (χ1n) is 6.67. The van der Waals surface area contributed by atoms with Crippen LogP contribution in [-0.2, 0) is 0 Å². The number of hydrogen-bond acceptors (Lipinski definition) is 8. The number of aliphatic hydroxyl groups is 4. The second-order valence-electron chi connectivity index (χ2n) is 4.67. The summed E-state index contributed by atoms with van der Waals surface area (Å²) in [5.74, 6) is 0. The topological polar surface area (TPSA) is 118 Å². The van der Waals surface area contributed by atoms with Gasteiger partial charge in [0.1, 0.15) is 18.3 Å². The van der Waals surface area contributed by atoms with Gasteiger partial charge < -0.3 is 20.4 Å². The van der Waals surface area contributed by atoms with Crippen molar-refractivity contribution < 1.29 is 20.4 Å². The van der Waals surface area contributed by atoms with Gasteiger partial charge in [0.2, 0.25) is 5.13 Å². The second kappa shape index (κ2) is 8.34. The summed E-state index contributed by atoms with van der Waals surface area (Å²) < 4.78 is 0. The third-order valence-electron chi connectivity index (χ3n) is 2.96. The number of aliphatic hydroxyl groups excluding tert-OH is 4. The van der Waals surface area contributed by atoms with Crippen LogP contribution in [0.15, 0.2) is 34.7 Å². The summed E-state index contributed by atoms with van der Waals surface area (Å²) in [6.45, 7) is -0.656. The predicted molar refractivity (Wildman–Crippen MR) is 89.8 cm³/mol. The van der Waals surface area contributed by atoms with Gasteiger partial charge in [-0.25, -0.2) is 4.98 Å². The van der Waals surface area contributed by atoms with Crippen LogP contribution in [0.4, 0.5) is 5.13 Å². The molecule has 7 nitrogen and oxygen atoms in total.